The second kappa shape index (κ2) is 7.70. The lowest BCUT2D eigenvalue weighted by Gasteiger charge is -2.18. The Morgan fingerprint density at radius 1 is 1.03 bits per heavy atom. The van der Waals surface area contributed by atoms with Gasteiger partial charge in [0.1, 0.15) is 5.82 Å². The Kier molecular flexibility index (Phi) is 5.28. The number of hydrogen-bond donors (Lipinski definition) is 0. The highest BCUT2D eigenvalue weighted by atomic mass is 32.2. The number of amides is 1. The van der Waals surface area contributed by atoms with Gasteiger partial charge in [-0.2, -0.15) is 13.2 Å². The average Bonchev–Trinajstić information content (AvgIpc) is 3.15. The van der Waals surface area contributed by atoms with Crippen molar-refractivity contribution in [1.29, 1.82) is 0 Å². The van der Waals surface area contributed by atoms with Gasteiger partial charge in [0, 0.05) is 24.6 Å². The third-order valence-electron chi connectivity index (χ3n) is 5.18. The van der Waals surface area contributed by atoms with Crippen LogP contribution in [-0.2, 0) is 29.1 Å². The van der Waals surface area contributed by atoms with Gasteiger partial charge in [-0.15, -0.1) is 0 Å². The van der Waals surface area contributed by atoms with Gasteiger partial charge < -0.3 is 4.90 Å². The van der Waals surface area contributed by atoms with Crippen LogP contribution in [-0.4, -0.2) is 30.5 Å². The zero-order chi connectivity index (χ0) is 23.3. The second-order valence-corrected chi connectivity index (χ2v) is 9.49. The molecule has 1 amide bonds. The Morgan fingerprint density at radius 3 is 2.34 bits per heavy atom. The standard InChI is InChI=1S/C22H16F4N2O3S/c1-32(30,31)17-6-7-18(13-2-4-16(23)5-3-13)19(9-17)21(29)28-11-14-8-15(22(24,25)26)10-27-20(14)12-28/h2-10H,11-12H2,1H3. The van der Waals surface area contributed by atoms with Gasteiger partial charge >= 0.3 is 6.18 Å². The maximum Gasteiger partial charge on any atom is 0.417 e. The number of pyridine rings is 1. The Labute approximate surface area is 181 Å². The largest absolute Gasteiger partial charge is 0.417 e. The number of carbonyl (C=O) groups excluding carboxylic acids is 1. The van der Waals surface area contributed by atoms with E-state index >= 15 is 0 Å². The van der Waals surface area contributed by atoms with Crippen LogP contribution in [0, 0.1) is 5.82 Å². The first-order valence-corrected chi connectivity index (χ1v) is 11.3. The maximum absolute atomic E-state index is 13.4. The summed E-state index contributed by atoms with van der Waals surface area (Å²) in [5, 5.41) is 0. The van der Waals surface area contributed by atoms with Crippen LogP contribution in [0.5, 0.6) is 0 Å². The lowest BCUT2D eigenvalue weighted by molar-refractivity contribution is -0.137. The van der Waals surface area contributed by atoms with Crippen LogP contribution in [0.3, 0.4) is 0 Å². The number of sulfone groups is 1. The number of alkyl halides is 3. The molecule has 0 spiro atoms. The van der Waals surface area contributed by atoms with Crippen molar-refractivity contribution in [2.45, 2.75) is 24.2 Å². The van der Waals surface area contributed by atoms with E-state index in [1.54, 1.807) is 0 Å². The van der Waals surface area contributed by atoms with Crippen LogP contribution in [0.15, 0.2) is 59.6 Å². The highest BCUT2D eigenvalue weighted by molar-refractivity contribution is 7.90. The van der Waals surface area contributed by atoms with Gasteiger partial charge in [-0.1, -0.05) is 18.2 Å². The van der Waals surface area contributed by atoms with E-state index in [1.165, 1.54) is 47.4 Å². The smallest absolute Gasteiger partial charge is 0.328 e. The van der Waals surface area contributed by atoms with Crippen molar-refractivity contribution in [2.24, 2.45) is 0 Å². The van der Waals surface area contributed by atoms with Crippen molar-refractivity contribution >= 4 is 15.7 Å². The number of halogens is 4. The summed E-state index contributed by atoms with van der Waals surface area (Å²) in [6.07, 6.45) is -2.83. The SMILES string of the molecule is CS(=O)(=O)c1ccc(-c2ccc(F)cc2)c(C(=O)N2Cc3cc(C(F)(F)F)cnc3C2)c1. The van der Waals surface area contributed by atoms with Crippen molar-refractivity contribution in [3.05, 3.63) is 82.9 Å². The van der Waals surface area contributed by atoms with Gasteiger partial charge in [0.05, 0.1) is 22.7 Å². The molecule has 166 valence electrons. The van der Waals surface area contributed by atoms with Crippen molar-refractivity contribution in [2.75, 3.05) is 6.26 Å². The molecule has 2 aromatic carbocycles. The fourth-order valence-corrected chi connectivity index (χ4v) is 4.19. The zero-order valence-electron chi connectivity index (χ0n) is 16.6. The normalized spacial score (nSPS) is 13.8. The third kappa shape index (κ3) is 4.22. The molecule has 0 radical (unpaired) electrons. The summed E-state index contributed by atoms with van der Waals surface area (Å²) in [6, 6.07) is 10.3. The van der Waals surface area contributed by atoms with Gasteiger partial charge in [-0.25, -0.2) is 12.8 Å². The van der Waals surface area contributed by atoms with Crippen LogP contribution in [0.1, 0.15) is 27.2 Å². The van der Waals surface area contributed by atoms with Crippen LogP contribution < -0.4 is 0 Å². The number of rotatable bonds is 3. The summed E-state index contributed by atoms with van der Waals surface area (Å²) in [5.74, 6) is -1.04. The van der Waals surface area contributed by atoms with E-state index in [-0.39, 0.29) is 29.1 Å². The second-order valence-electron chi connectivity index (χ2n) is 7.48. The Bertz CT molecular complexity index is 1320. The molecule has 0 fully saturated rings. The molecule has 0 aliphatic carbocycles. The predicted octanol–water partition coefficient (Wildman–Crippen LogP) is 4.47. The number of fused-ring (bicyclic) bond motifs is 1. The van der Waals surface area contributed by atoms with Gasteiger partial charge in [0.2, 0.25) is 0 Å². The number of carbonyl (C=O) groups is 1. The molecule has 4 rings (SSSR count). The van der Waals surface area contributed by atoms with Crippen molar-refractivity contribution in [1.82, 2.24) is 9.88 Å². The third-order valence-corrected chi connectivity index (χ3v) is 6.29. The molecule has 32 heavy (non-hydrogen) atoms. The first-order valence-electron chi connectivity index (χ1n) is 9.38. The van der Waals surface area contributed by atoms with E-state index in [0.717, 1.165) is 18.5 Å². The highest BCUT2D eigenvalue weighted by Gasteiger charge is 2.34. The zero-order valence-corrected chi connectivity index (χ0v) is 17.5. The average molecular weight is 464 g/mol. The first-order chi connectivity index (χ1) is 14.9. The summed E-state index contributed by atoms with van der Waals surface area (Å²) in [5.41, 5.74) is 0.621. The predicted molar refractivity (Wildman–Crippen MR) is 108 cm³/mol. The van der Waals surface area contributed by atoms with E-state index in [1.807, 2.05) is 0 Å². The molecule has 1 aliphatic rings. The molecular formula is C22H16F4N2O3S. The molecule has 5 nitrogen and oxygen atoms in total. The van der Waals surface area contributed by atoms with Crippen LogP contribution >= 0.6 is 0 Å². The molecule has 2 heterocycles. The molecule has 0 saturated carbocycles. The molecular weight excluding hydrogens is 448 g/mol. The molecule has 10 heteroatoms. The minimum absolute atomic E-state index is 0.0156. The molecule has 1 aliphatic heterocycles. The lowest BCUT2D eigenvalue weighted by Crippen LogP contribution is -2.26. The van der Waals surface area contributed by atoms with Gasteiger partial charge in [-0.05, 0) is 47.0 Å². The number of hydrogen-bond acceptors (Lipinski definition) is 4. The quantitative estimate of drug-likeness (QED) is 0.537. The van der Waals surface area contributed by atoms with Gasteiger partial charge in [0.15, 0.2) is 9.84 Å². The van der Waals surface area contributed by atoms with Crippen LogP contribution in [0.4, 0.5) is 17.6 Å². The molecule has 3 aromatic rings. The minimum Gasteiger partial charge on any atom is -0.328 e. The van der Waals surface area contributed by atoms with Crippen LogP contribution in [0.2, 0.25) is 0 Å². The molecule has 0 saturated heterocycles. The fourth-order valence-electron chi connectivity index (χ4n) is 3.54. The van der Waals surface area contributed by atoms with Crippen molar-refractivity contribution in [3.63, 3.8) is 0 Å². The molecule has 0 N–H and O–H groups in total. The molecule has 0 atom stereocenters. The molecule has 1 aromatic heterocycles. The summed E-state index contributed by atoms with van der Waals surface area (Å²) < 4.78 is 76.4. The summed E-state index contributed by atoms with van der Waals surface area (Å²) in [6.45, 7) is -0.116. The summed E-state index contributed by atoms with van der Waals surface area (Å²) in [7, 11) is -3.63. The number of aromatic nitrogens is 1. The monoisotopic (exact) mass is 464 g/mol. The molecule has 0 unspecified atom stereocenters. The Balaban J connectivity index is 1.74. The van der Waals surface area contributed by atoms with E-state index in [0.29, 0.717) is 16.8 Å². The van der Waals surface area contributed by atoms with E-state index in [4.69, 9.17) is 0 Å². The van der Waals surface area contributed by atoms with Crippen molar-refractivity contribution < 1.29 is 30.8 Å². The van der Waals surface area contributed by atoms with Gasteiger partial charge in [0.25, 0.3) is 5.91 Å². The Morgan fingerprint density at radius 2 is 1.72 bits per heavy atom. The lowest BCUT2D eigenvalue weighted by atomic mass is 9.98. The summed E-state index contributed by atoms with van der Waals surface area (Å²) in [4.78, 5) is 18.4. The van der Waals surface area contributed by atoms with E-state index in [9.17, 15) is 30.8 Å². The van der Waals surface area contributed by atoms with E-state index in [2.05, 4.69) is 4.98 Å². The topological polar surface area (TPSA) is 67.3 Å². The minimum atomic E-state index is -4.56. The highest BCUT2D eigenvalue weighted by Crippen LogP contribution is 2.34. The van der Waals surface area contributed by atoms with Gasteiger partial charge in [-0.3, -0.25) is 9.78 Å². The van der Waals surface area contributed by atoms with Crippen molar-refractivity contribution in [3.8, 4) is 11.1 Å². The summed E-state index contributed by atoms with van der Waals surface area (Å²) >= 11 is 0. The fraction of sp³-hybridized carbons (Fsp3) is 0.182. The van der Waals surface area contributed by atoms with E-state index < -0.39 is 33.3 Å². The number of benzene rings is 2. The van der Waals surface area contributed by atoms with Crippen LogP contribution in [0.25, 0.3) is 11.1 Å². The molecule has 0 bridgehead atoms. The maximum atomic E-state index is 13.4. The number of nitrogens with zero attached hydrogens (tertiary/aromatic N) is 2. The first kappa shape index (κ1) is 21.9. The Hall–Kier alpha value is -3.27.